The summed E-state index contributed by atoms with van der Waals surface area (Å²) in [6, 6.07) is 12.7. The fourth-order valence-electron chi connectivity index (χ4n) is 3.03. The normalized spacial score (nSPS) is 11.1. The lowest BCUT2D eigenvalue weighted by atomic mass is 10.1. The Morgan fingerprint density at radius 3 is 2.30 bits per heavy atom. The smallest absolute Gasteiger partial charge is 0.241 e. The van der Waals surface area contributed by atoms with Crippen LogP contribution in [0.15, 0.2) is 42.5 Å². The number of hydrogen-bond donors (Lipinski definition) is 1. The topological polar surface area (TPSA) is 84.9 Å². The van der Waals surface area contributed by atoms with Crippen LogP contribution in [0.3, 0.4) is 0 Å². The third-order valence-corrected chi connectivity index (χ3v) is 5.55. The molecule has 1 amide bonds. The number of nitrogens with zero attached hydrogens (tertiary/aromatic N) is 1. The highest BCUT2D eigenvalue weighted by atomic mass is 32.2. The van der Waals surface area contributed by atoms with Gasteiger partial charge in [-0.15, -0.1) is 0 Å². The number of sulfonamides is 1. The lowest BCUT2D eigenvalue weighted by molar-refractivity contribution is -0.119. The summed E-state index contributed by atoms with van der Waals surface area (Å²) < 4.78 is 37.0. The van der Waals surface area contributed by atoms with Crippen LogP contribution in [0.25, 0.3) is 0 Å². The van der Waals surface area contributed by atoms with Crippen molar-refractivity contribution < 1.29 is 22.7 Å². The van der Waals surface area contributed by atoms with Gasteiger partial charge in [0.1, 0.15) is 6.54 Å². The van der Waals surface area contributed by atoms with Gasteiger partial charge in [-0.2, -0.15) is 0 Å². The second-order valence-corrected chi connectivity index (χ2v) is 8.58. The van der Waals surface area contributed by atoms with Gasteiger partial charge in [0, 0.05) is 6.54 Å². The molecular weight excluding hydrogens is 404 g/mol. The van der Waals surface area contributed by atoms with E-state index in [1.807, 2.05) is 45.0 Å². The molecule has 164 valence electrons. The van der Waals surface area contributed by atoms with Crippen molar-refractivity contribution in [2.24, 2.45) is 0 Å². The number of hydrogen-bond acceptors (Lipinski definition) is 5. The summed E-state index contributed by atoms with van der Waals surface area (Å²) in [7, 11) is -3.62. The van der Waals surface area contributed by atoms with E-state index in [4.69, 9.17) is 9.47 Å². The zero-order valence-electron chi connectivity index (χ0n) is 18.0. The number of amides is 1. The maximum atomic E-state index is 12.6. The molecular formula is C22H30N2O5S. The molecule has 8 heteroatoms. The molecule has 0 saturated heterocycles. The summed E-state index contributed by atoms with van der Waals surface area (Å²) in [5, 5.41) is 2.79. The van der Waals surface area contributed by atoms with Crippen molar-refractivity contribution >= 4 is 21.6 Å². The number of aryl methyl sites for hydroxylation is 1. The van der Waals surface area contributed by atoms with E-state index in [2.05, 4.69) is 5.32 Å². The standard InChI is InChI=1S/C22H30N2O5S/c1-5-18-10-8-9-11-19(18)24(30(4,26)27)16-22(25)23-15-17-12-13-20(28-6-2)21(14-17)29-7-3/h8-14H,5-7,15-16H2,1-4H3,(H,23,25). The summed E-state index contributed by atoms with van der Waals surface area (Å²) in [4.78, 5) is 12.6. The molecule has 0 unspecified atom stereocenters. The highest BCUT2D eigenvalue weighted by molar-refractivity contribution is 7.92. The molecule has 0 aromatic heterocycles. The molecule has 0 fully saturated rings. The van der Waals surface area contributed by atoms with Crippen LogP contribution in [0.1, 0.15) is 31.9 Å². The van der Waals surface area contributed by atoms with Gasteiger partial charge in [-0.25, -0.2) is 8.42 Å². The van der Waals surface area contributed by atoms with Crippen molar-refractivity contribution in [3.8, 4) is 11.5 Å². The minimum absolute atomic E-state index is 0.248. The Balaban J connectivity index is 2.12. The Morgan fingerprint density at radius 2 is 1.67 bits per heavy atom. The predicted octanol–water partition coefficient (Wildman–Crippen LogP) is 3.13. The molecule has 1 N–H and O–H groups in total. The predicted molar refractivity (Wildman–Crippen MR) is 119 cm³/mol. The van der Waals surface area contributed by atoms with Crippen LogP contribution < -0.4 is 19.1 Å². The van der Waals surface area contributed by atoms with Gasteiger partial charge in [0.05, 0.1) is 25.2 Å². The molecule has 30 heavy (non-hydrogen) atoms. The number of nitrogens with one attached hydrogen (secondary N) is 1. The van der Waals surface area contributed by atoms with Crippen molar-refractivity contribution in [2.75, 3.05) is 30.3 Å². The van der Waals surface area contributed by atoms with Crippen LogP contribution in [0.4, 0.5) is 5.69 Å². The molecule has 0 spiro atoms. The van der Waals surface area contributed by atoms with Crippen LogP contribution in [0, 0.1) is 0 Å². The van der Waals surface area contributed by atoms with E-state index in [1.54, 1.807) is 18.2 Å². The van der Waals surface area contributed by atoms with E-state index in [0.717, 1.165) is 21.7 Å². The molecule has 0 atom stereocenters. The van der Waals surface area contributed by atoms with Gasteiger partial charge in [0.15, 0.2) is 11.5 Å². The Labute approximate surface area is 179 Å². The highest BCUT2D eigenvalue weighted by Crippen LogP contribution is 2.28. The minimum atomic E-state index is -3.62. The SMILES string of the molecule is CCOc1ccc(CNC(=O)CN(c2ccccc2CC)S(C)(=O)=O)cc1OCC. The van der Waals surface area contributed by atoms with Gasteiger partial charge in [0.2, 0.25) is 15.9 Å². The Hall–Kier alpha value is -2.74. The molecule has 2 aromatic rings. The van der Waals surface area contributed by atoms with E-state index in [-0.39, 0.29) is 13.1 Å². The highest BCUT2D eigenvalue weighted by Gasteiger charge is 2.22. The third kappa shape index (κ3) is 6.38. The summed E-state index contributed by atoms with van der Waals surface area (Å²) in [6.45, 7) is 6.71. The van der Waals surface area contributed by atoms with Crippen molar-refractivity contribution in [2.45, 2.75) is 33.7 Å². The lowest BCUT2D eigenvalue weighted by Gasteiger charge is -2.24. The monoisotopic (exact) mass is 434 g/mol. The van der Waals surface area contributed by atoms with Gasteiger partial charge >= 0.3 is 0 Å². The van der Waals surface area contributed by atoms with Crippen molar-refractivity contribution in [1.29, 1.82) is 0 Å². The first kappa shape index (κ1) is 23.5. The molecule has 0 heterocycles. The van der Waals surface area contributed by atoms with E-state index in [1.165, 1.54) is 0 Å². The third-order valence-electron chi connectivity index (χ3n) is 4.43. The molecule has 0 bridgehead atoms. The van der Waals surface area contributed by atoms with Crippen LogP contribution in [0.2, 0.25) is 0 Å². The van der Waals surface area contributed by atoms with E-state index < -0.39 is 15.9 Å². The van der Waals surface area contributed by atoms with E-state index >= 15 is 0 Å². The largest absolute Gasteiger partial charge is 0.490 e. The number of rotatable bonds is 11. The number of ether oxygens (including phenoxy) is 2. The van der Waals surface area contributed by atoms with Crippen molar-refractivity contribution in [3.63, 3.8) is 0 Å². The van der Waals surface area contributed by atoms with Crippen LogP contribution in [-0.2, 0) is 27.8 Å². The molecule has 7 nitrogen and oxygen atoms in total. The number of benzene rings is 2. The molecule has 0 radical (unpaired) electrons. The second kappa shape index (κ2) is 10.9. The molecule has 0 aliphatic rings. The first-order valence-corrected chi connectivity index (χ1v) is 11.9. The Bertz CT molecular complexity index is 960. The maximum absolute atomic E-state index is 12.6. The molecule has 0 saturated carbocycles. The molecule has 0 aliphatic heterocycles. The van der Waals surface area contributed by atoms with Gasteiger partial charge in [0.25, 0.3) is 0 Å². The van der Waals surface area contributed by atoms with E-state index in [9.17, 15) is 13.2 Å². The quantitative estimate of drug-likeness (QED) is 0.587. The Kier molecular flexibility index (Phi) is 8.53. The summed E-state index contributed by atoms with van der Waals surface area (Å²) in [6.07, 6.45) is 1.77. The number of carbonyl (C=O) groups excluding carboxylic acids is 1. The summed E-state index contributed by atoms with van der Waals surface area (Å²) >= 11 is 0. The number of anilines is 1. The average molecular weight is 435 g/mol. The van der Waals surface area contributed by atoms with E-state index in [0.29, 0.717) is 36.8 Å². The maximum Gasteiger partial charge on any atom is 0.241 e. The zero-order valence-corrected chi connectivity index (χ0v) is 18.8. The lowest BCUT2D eigenvalue weighted by Crippen LogP contribution is -2.40. The first-order valence-electron chi connectivity index (χ1n) is 10.0. The van der Waals surface area contributed by atoms with Crippen molar-refractivity contribution in [1.82, 2.24) is 5.32 Å². The van der Waals surface area contributed by atoms with Gasteiger partial charge in [-0.05, 0) is 49.6 Å². The fourth-order valence-corrected chi connectivity index (χ4v) is 3.91. The summed E-state index contributed by atoms with van der Waals surface area (Å²) in [5.74, 6) is 0.868. The zero-order chi connectivity index (χ0) is 22.1. The van der Waals surface area contributed by atoms with Crippen molar-refractivity contribution in [3.05, 3.63) is 53.6 Å². The first-order chi connectivity index (χ1) is 14.3. The van der Waals surface area contributed by atoms with Gasteiger partial charge in [-0.1, -0.05) is 31.2 Å². The minimum Gasteiger partial charge on any atom is -0.490 e. The molecule has 2 aromatic carbocycles. The fraction of sp³-hybridized carbons (Fsp3) is 0.409. The average Bonchev–Trinajstić information content (AvgIpc) is 2.71. The van der Waals surface area contributed by atoms with Crippen LogP contribution in [-0.4, -0.2) is 40.3 Å². The molecule has 2 rings (SSSR count). The second-order valence-electron chi connectivity index (χ2n) is 6.68. The van der Waals surface area contributed by atoms with Crippen LogP contribution in [0.5, 0.6) is 11.5 Å². The number of carbonyl (C=O) groups is 1. The molecule has 0 aliphatic carbocycles. The van der Waals surface area contributed by atoms with Crippen LogP contribution >= 0.6 is 0 Å². The van der Waals surface area contributed by atoms with Gasteiger partial charge in [-0.3, -0.25) is 9.10 Å². The summed E-state index contributed by atoms with van der Waals surface area (Å²) in [5.41, 5.74) is 2.22. The number of para-hydroxylation sites is 1. The van der Waals surface area contributed by atoms with Gasteiger partial charge < -0.3 is 14.8 Å². The Morgan fingerprint density at radius 1 is 1.00 bits per heavy atom.